The van der Waals surface area contributed by atoms with Gasteiger partial charge in [-0.1, -0.05) is 51.9 Å². The minimum atomic E-state index is -0.0444. The fourth-order valence-corrected chi connectivity index (χ4v) is 5.02. The van der Waals surface area contributed by atoms with E-state index in [0.29, 0.717) is 24.1 Å². The molecule has 0 aliphatic heterocycles. The van der Waals surface area contributed by atoms with E-state index in [-0.39, 0.29) is 5.91 Å². The first-order valence-corrected chi connectivity index (χ1v) is 12.1. The molecule has 1 saturated carbocycles. The Bertz CT molecular complexity index is 882. The van der Waals surface area contributed by atoms with Crippen molar-refractivity contribution in [2.45, 2.75) is 58.4 Å². The van der Waals surface area contributed by atoms with Gasteiger partial charge in [0.2, 0.25) is 0 Å². The number of amides is 1. The summed E-state index contributed by atoms with van der Waals surface area (Å²) < 4.78 is 13.5. The van der Waals surface area contributed by atoms with Gasteiger partial charge in [0.15, 0.2) is 0 Å². The first kappa shape index (κ1) is 24.4. The zero-order valence-corrected chi connectivity index (χ0v) is 20.6. The molecule has 1 aliphatic rings. The van der Waals surface area contributed by atoms with E-state index in [0.717, 1.165) is 35.5 Å². The summed E-state index contributed by atoms with van der Waals surface area (Å²) in [5.41, 5.74) is 1.63. The fourth-order valence-electron chi connectivity index (χ4n) is 5.02. The molecule has 6 nitrogen and oxygen atoms in total. The second-order valence-electron chi connectivity index (χ2n) is 9.51. The first-order chi connectivity index (χ1) is 15.5. The summed E-state index contributed by atoms with van der Waals surface area (Å²) in [7, 11) is 7.38. The Balaban J connectivity index is 1.97. The van der Waals surface area contributed by atoms with Crippen molar-refractivity contribution >= 4 is 16.8 Å². The summed E-state index contributed by atoms with van der Waals surface area (Å²) in [5.74, 6) is 2.66. The van der Waals surface area contributed by atoms with E-state index in [1.165, 1.54) is 44.9 Å². The molecule has 1 fully saturated rings. The largest absolute Gasteiger partial charge is 0.496 e. The number of rotatable bonds is 9. The van der Waals surface area contributed by atoms with E-state index in [1.54, 1.807) is 14.2 Å². The maximum absolute atomic E-state index is 13.2. The lowest BCUT2D eigenvalue weighted by Gasteiger charge is -2.27. The molecule has 0 radical (unpaired) electrons. The highest BCUT2D eigenvalue weighted by Gasteiger charge is 2.25. The van der Waals surface area contributed by atoms with E-state index in [1.807, 2.05) is 32.3 Å². The summed E-state index contributed by atoms with van der Waals surface area (Å²) in [6.07, 6.45) is 9.27. The molecule has 1 amide bonds. The van der Waals surface area contributed by atoms with Gasteiger partial charge in [0, 0.05) is 25.0 Å². The molecule has 1 aromatic carbocycles. The minimum absolute atomic E-state index is 0.0444. The molecule has 6 heteroatoms. The van der Waals surface area contributed by atoms with Gasteiger partial charge in [0.1, 0.15) is 17.2 Å². The Morgan fingerprint density at radius 1 is 1.09 bits per heavy atom. The summed E-state index contributed by atoms with van der Waals surface area (Å²) in [4.78, 5) is 15.3. The van der Waals surface area contributed by atoms with Crippen molar-refractivity contribution in [3.8, 4) is 11.5 Å². The average Bonchev–Trinajstić information content (AvgIpc) is 3.12. The number of benzene rings is 1. The van der Waals surface area contributed by atoms with Crippen molar-refractivity contribution in [2.75, 3.05) is 41.4 Å². The molecule has 1 N–H and O–H groups in total. The molecule has 2 aromatic rings. The van der Waals surface area contributed by atoms with E-state index in [2.05, 4.69) is 21.7 Å². The lowest BCUT2D eigenvalue weighted by Crippen LogP contribution is -2.33. The Hall–Kier alpha value is -2.21. The molecule has 1 aliphatic carbocycles. The number of fused-ring (bicyclic) bond motifs is 1. The normalized spacial score (nSPS) is 16.6. The lowest BCUT2D eigenvalue weighted by molar-refractivity contribution is 0.0940. The Morgan fingerprint density at radius 2 is 1.72 bits per heavy atom. The summed E-state index contributed by atoms with van der Waals surface area (Å²) >= 11 is 0. The third-order valence-corrected chi connectivity index (χ3v) is 6.92. The number of methoxy groups -OCH3 is 2. The third-order valence-electron chi connectivity index (χ3n) is 6.92. The van der Waals surface area contributed by atoms with Crippen LogP contribution >= 0.6 is 0 Å². The van der Waals surface area contributed by atoms with Gasteiger partial charge < -0.3 is 24.3 Å². The van der Waals surface area contributed by atoms with Crippen LogP contribution in [0.5, 0.6) is 11.5 Å². The summed E-state index contributed by atoms with van der Waals surface area (Å²) in [6, 6.07) is 5.82. The van der Waals surface area contributed by atoms with Gasteiger partial charge in [-0.2, -0.15) is 0 Å². The van der Waals surface area contributed by atoms with Gasteiger partial charge in [-0.25, -0.2) is 0 Å². The van der Waals surface area contributed by atoms with Crippen molar-refractivity contribution in [3.05, 3.63) is 23.9 Å². The van der Waals surface area contributed by atoms with Crippen LogP contribution in [-0.2, 0) is 6.54 Å². The van der Waals surface area contributed by atoms with E-state index < -0.39 is 0 Å². The number of nitrogens with one attached hydrogen (secondary N) is 1. The SMILES string of the molecule is COc1ccc(OC)c2c1cc(C(=O)NCCN(C)C)n2CC(C)C1CCCCCCC1. The maximum Gasteiger partial charge on any atom is 0.267 e. The zero-order valence-electron chi connectivity index (χ0n) is 20.6. The Labute approximate surface area is 193 Å². The number of aromatic nitrogens is 1. The first-order valence-electron chi connectivity index (χ1n) is 12.1. The number of carbonyl (C=O) groups excluding carboxylic acids is 1. The molecule has 1 unspecified atom stereocenters. The van der Waals surface area contributed by atoms with Crippen LogP contribution in [0.1, 0.15) is 62.4 Å². The molecule has 178 valence electrons. The highest BCUT2D eigenvalue weighted by molar-refractivity contribution is 6.02. The zero-order chi connectivity index (χ0) is 23.1. The molecular formula is C26H41N3O3. The number of carbonyl (C=O) groups is 1. The molecule has 0 bridgehead atoms. The molecule has 3 rings (SSSR count). The smallest absolute Gasteiger partial charge is 0.267 e. The van der Waals surface area contributed by atoms with Crippen LogP contribution in [0, 0.1) is 11.8 Å². The van der Waals surface area contributed by atoms with Crippen molar-refractivity contribution < 1.29 is 14.3 Å². The molecule has 32 heavy (non-hydrogen) atoms. The van der Waals surface area contributed by atoms with Crippen LogP contribution < -0.4 is 14.8 Å². The predicted octanol–water partition coefficient (Wildman–Crippen LogP) is 4.95. The topological polar surface area (TPSA) is 55.7 Å². The quantitative estimate of drug-likeness (QED) is 0.596. The molecule has 0 saturated heterocycles. The molecule has 0 spiro atoms. The second-order valence-corrected chi connectivity index (χ2v) is 9.51. The maximum atomic E-state index is 13.2. The number of ether oxygens (including phenoxy) is 2. The van der Waals surface area contributed by atoms with Crippen LogP contribution in [0.3, 0.4) is 0 Å². The van der Waals surface area contributed by atoms with Gasteiger partial charge in [-0.15, -0.1) is 0 Å². The molecule has 1 heterocycles. The number of nitrogens with zero attached hydrogens (tertiary/aromatic N) is 2. The van der Waals surface area contributed by atoms with Gasteiger partial charge in [0.25, 0.3) is 5.91 Å². The molecule has 1 aromatic heterocycles. The van der Waals surface area contributed by atoms with Crippen LogP contribution in [0.25, 0.3) is 10.9 Å². The van der Waals surface area contributed by atoms with Gasteiger partial charge >= 0.3 is 0 Å². The Kier molecular flexibility index (Phi) is 8.85. The highest BCUT2D eigenvalue weighted by atomic mass is 16.5. The number of hydrogen-bond acceptors (Lipinski definition) is 4. The van der Waals surface area contributed by atoms with Crippen LogP contribution in [0.2, 0.25) is 0 Å². The average molecular weight is 444 g/mol. The van der Waals surface area contributed by atoms with Gasteiger partial charge in [-0.3, -0.25) is 4.79 Å². The highest BCUT2D eigenvalue weighted by Crippen LogP contribution is 2.37. The summed E-state index contributed by atoms with van der Waals surface area (Å²) in [6.45, 7) is 4.56. The number of likely N-dealkylation sites (N-methyl/N-ethyl adjacent to an activating group) is 1. The predicted molar refractivity (Wildman–Crippen MR) is 131 cm³/mol. The minimum Gasteiger partial charge on any atom is -0.496 e. The van der Waals surface area contributed by atoms with Crippen molar-refractivity contribution in [1.29, 1.82) is 0 Å². The van der Waals surface area contributed by atoms with Crippen LogP contribution in [0.4, 0.5) is 0 Å². The fraction of sp³-hybridized carbons (Fsp3) is 0.654. The monoisotopic (exact) mass is 443 g/mol. The Morgan fingerprint density at radius 3 is 2.34 bits per heavy atom. The van der Waals surface area contributed by atoms with E-state index in [9.17, 15) is 4.79 Å². The van der Waals surface area contributed by atoms with Crippen molar-refractivity contribution in [2.24, 2.45) is 11.8 Å². The van der Waals surface area contributed by atoms with E-state index in [4.69, 9.17) is 9.47 Å². The van der Waals surface area contributed by atoms with E-state index >= 15 is 0 Å². The van der Waals surface area contributed by atoms with Crippen molar-refractivity contribution in [1.82, 2.24) is 14.8 Å². The van der Waals surface area contributed by atoms with Gasteiger partial charge in [-0.05, 0) is 44.1 Å². The van der Waals surface area contributed by atoms with Crippen LogP contribution in [-0.4, -0.2) is 56.8 Å². The second kappa shape index (κ2) is 11.6. The standard InChI is InChI=1S/C26H41N3O3/c1-19(20-11-9-7-6-8-10-12-20)18-29-22(26(30)27-15-16-28(2)3)17-21-23(31-4)13-14-24(32-5)25(21)29/h13-14,17,19-20H,6-12,15-16,18H2,1-5H3,(H,27,30). The molecular weight excluding hydrogens is 402 g/mol. The lowest BCUT2D eigenvalue weighted by atomic mass is 9.82. The summed E-state index contributed by atoms with van der Waals surface area (Å²) in [5, 5.41) is 4.02. The van der Waals surface area contributed by atoms with Crippen molar-refractivity contribution in [3.63, 3.8) is 0 Å². The third kappa shape index (κ3) is 5.77. The molecule has 1 atom stereocenters. The number of hydrogen-bond donors (Lipinski definition) is 1. The van der Waals surface area contributed by atoms with Gasteiger partial charge in [0.05, 0.1) is 19.7 Å². The van der Waals surface area contributed by atoms with Crippen LogP contribution in [0.15, 0.2) is 18.2 Å².